The molecule has 0 aliphatic carbocycles. The topological polar surface area (TPSA) is 88.7 Å². The van der Waals surface area contributed by atoms with E-state index >= 15 is 0 Å². The Morgan fingerprint density at radius 1 is 1.07 bits per heavy atom. The Morgan fingerprint density at radius 3 is 2.17 bits per heavy atom. The lowest BCUT2D eigenvalue weighted by atomic mass is 10.0. The first kappa shape index (κ1) is 23.5. The lowest BCUT2D eigenvalue weighted by Gasteiger charge is -2.26. The summed E-state index contributed by atoms with van der Waals surface area (Å²) in [6, 6.07) is 12.2. The molecule has 2 atom stereocenters. The van der Waals surface area contributed by atoms with E-state index in [1.807, 2.05) is 51.1 Å². The van der Waals surface area contributed by atoms with Crippen molar-refractivity contribution in [2.24, 2.45) is 4.40 Å². The molecule has 1 aromatic carbocycles. The van der Waals surface area contributed by atoms with Gasteiger partial charge in [-0.15, -0.1) is 0 Å². The van der Waals surface area contributed by atoms with Gasteiger partial charge in [0.2, 0.25) is 10.0 Å². The second-order valence-corrected chi connectivity index (χ2v) is 13.2. The minimum absolute atomic E-state index is 0.203. The Kier molecular flexibility index (Phi) is 7.24. The molecule has 2 aromatic rings. The van der Waals surface area contributed by atoms with Crippen LogP contribution in [-0.4, -0.2) is 27.8 Å². The summed E-state index contributed by atoms with van der Waals surface area (Å²) in [5.74, 6) is 0.471. The molecule has 1 N–H and O–H groups in total. The molecular weight excluding hydrogens is 408 g/mol. The van der Waals surface area contributed by atoms with Crippen LogP contribution < -0.4 is 4.72 Å². The molecule has 29 heavy (non-hydrogen) atoms. The zero-order valence-electron chi connectivity index (χ0n) is 17.8. The average Bonchev–Trinajstić information content (AvgIpc) is 3.13. The van der Waals surface area contributed by atoms with Gasteiger partial charge in [-0.25, -0.2) is 17.3 Å². The molecule has 0 saturated heterocycles. The van der Waals surface area contributed by atoms with Crippen LogP contribution in [0.25, 0.3) is 0 Å². The highest BCUT2D eigenvalue weighted by Crippen LogP contribution is 2.25. The lowest BCUT2D eigenvalue weighted by molar-refractivity contribution is 0.523. The highest BCUT2D eigenvalue weighted by atomic mass is 32.2. The number of rotatable bonds is 7. The van der Waals surface area contributed by atoms with E-state index < -0.39 is 36.5 Å². The molecule has 0 aliphatic rings. The van der Waals surface area contributed by atoms with Gasteiger partial charge in [0.25, 0.3) is 0 Å². The maximum absolute atomic E-state index is 12.9. The number of hydrogen-bond acceptors (Lipinski definition) is 4. The number of benzene rings is 1. The largest absolute Gasteiger partial charge is 0.463 e. The lowest BCUT2D eigenvalue weighted by Crippen LogP contribution is -2.41. The van der Waals surface area contributed by atoms with E-state index in [9.17, 15) is 12.6 Å². The zero-order chi connectivity index (χ0) is 21.9. The Balaban J connectivity index is 2.49. The maximum atomic E-state index is 12.9. The van der Waals surface area contributed by atoms with Crippen molar-refractivity contribution in [3.05, 3.63) is 60.1 Å². The van der Waals surface area contributed by atoms with Crippen LogP contribution in [-0.2, 0) is 21.0 Å². The summed E-state index contributed by atoms with van der Waals surface area (Å²) in [6.07, 6.45) is 1.72. The number of furan rings is 1. The van der Waals surface area contributed by atoms with Crippen molar-refractivity contribution in [2.45, 2.75) is 63.5 Å². The summed E-state index contributed by atoms with van der Waals surface area (Å²) in [5.41, 5.74) is 1.25. The van der Waals surface area contributed by atoms with Crippen LogP contribution in [0, 0.1) is 0 Å². The molecule has 0 bridgehead atoms. The smallest absolute Gasteiger partial charge is 0.217 e. The second-order valence-electron chi connectivity index (χ2n) is 8.78. The third-order valence-corrected chi connectivity index (χ3v) is 7.87. The SMILES string of the molecule is CC(C)(C)S(=O)/N=C(/C[C@H](NS(=O)(=O)C(C)(C)C)c1ccccc1)c1ccco1. The first-order chi connectivity index (χ1) is 13.3. The van der Waals surface area contributed by atoms with Gasteiger partial charge in [0.15, 0.2) is 0 Å². The van der Waals surface area contributed by atoms with E-state index in [0.29, 0.717) is 11.5 Å². The van der Waals surface area contributed by atoms with Gasteiger partial charge in [0.05, 0.1) is 27.5 Å². The Labute approximate surface area is 176 Å². The molecule has 2 rings (SSSR count). The summed E-state index contributed by atoms with van der Waals surface area (Å²) >= 11 is 0. The summed E-state index contributed by atoms with van der Waals surface area (Å²) in [7, 11) is -5.14. The number of nitrogens with zero attached hydrogens (tertiary/aromatic N) is 1. The molecule has 0 spiro atoms. The van der Waals surface area contributed by atoms with Crippen LogP contribution in [0.1, 0.15) is 65.3 Å². The highest BCUT2D eigenvalue weighted by Gasteiger charge is 2.33. The molecule has 0 saturated carbocycles. The van der Waals surface area contributed by atoms with Gasteiger partial charge in [0, 0.05) is 6.42 Å². The van der Waals surface area contributed by atoms with Crippen LogP contribution in [0.15, 0.2) is 57.5 Å². The summed E-state index contributed by atoms with van der Waals surface area (Å²) in [6.45, 7) is 10.4. The molecule has 8 heteroatoms. The van der Waals surface area contributed by atoms with E-state index in [4.69, 9.17) is 4.42 Å². The van der Waals surface area contributed by atoms with Crippen LogP contribution >= 0.6 is 0 Å². The summed E-state index contributed by atoms with van der Waals surface area (Å²) in [4.78, 5) is 0. The minimum atomic E-state index is -3.63. The normalized spacial score (nSPS) is 15.9. The van der Waals surface area contributed by atoms with Gasteiger partial charge in [-0.05, 0) is 59.2 Å². The van der Waals surface area contributed by atoms with Gasteiger partial charge < -0.3 is 4.42 Å². The summed E-state index contributed by atoms with van der Waals surface area (Å²) < 4.78 is 49.6. The van der Waals surface area contributed by atoms with E-state index in [-0.39, 0.29) is 6.42 Å². The maximum Gasteiger partial charge on any atom is 0.217 e. The first-order valence-corrected chi connectivity index (χ1v) is 12.0. The predicted molar refractivity (Wildman–Crippen MR) is 119 cm³/mol. The third kappa shape index (κ3) is 6.35. The highest BCUT2D eigenvalue weighted by molar-refractivity contribution is 7.90. The standard InChI is InChI=1S/C21H30N2O4S2/c1-20(2,3)28(24)22-18(19-13-10-14-27-19)15-17(16-11-8-7-9-12-16)23-29(25,26)21(4,5)6/h7-14,17,23H,15H2,1-6H3/b22-18-/t17-,28?/m0/s1. The Morgan fingerprint density at radius 2 is 1.69 bits per heavy atom. The van der Waals surface area contributed by atoms with Crippen molar-refractivity contribution in [3.63, 3.8) is 0 Å². The van der Waals surface area contributed by atoms with Gasteiger partial charge in [-0.3, -0.25) is 0 Å². The van der Waals surface area contributed by atoms with Gasteiger partial charge in [0.1, 0.15) is 16.7 Å². The van der Waals surface area contributed by atoms with Crippen LogP contribution in [0.4, 0.5) is 0 Å². The number of nitrogens with one attached hydrogen (secondary N) is 1. The molecule has 1 heterocycles. The number of sulfonamides is 1. The molecule has 0 radical (unpaired) electrons. The summed E-state index contributed by atoms with van der Waals surface area (Å²) in [5, 5.41) is 0. The Hall–Kier alpha value is -1.77. The molecule has 0 amide bonds. The van der Waals surface area contributed by atoms with Gasteiger partial charge >= 0.3 is 0 Å². The van der Waals surface area contributed by atoms with Crippen LogP contribution in [0.5, 0.6) is 0 Å². The monoisotopic (exact) mass is 438 g/mol. The van der Waals surface area contributed by atoms with Crippen LogP contribution in [0.3, 0.4) is 0 Å². The van der Waals surface area contributed by atoms with Crippen molar-refractivity contribution >= 4 is 26.7 Å². The molecular formula is C21H30N2O4S2. The second kappa shape index (κ2) is 8.93. The van der Waals surface area contributed by atoms with E-state index in [1.54, 1.807) is 32.9 Å². The van der Waals surface area contributed by atoms with Crippen molar-refractivity contribution < 1.29 is 17.0 Å². The molecule has 1 aromatic heterocycles. The molecule has 0 aliphatic heterocycles. The van der Waals surface area contributed by atoms with Crippen LogP contribution in [0.2, 0.25) is 0 Å². The minimum Gasteiger partial charge on any atom is -0.463 e. The van der Waals surface area contributed by atoms with Gasteiger partial charge in [-0.1, -0.05) is 30.3 Å². The first-order valence-electron chi connectivity index (χ1n) is 9.41. The third-order valence-electron chi connectivity index (χ3n) is 4.23. The molecule has 0 fully saturated rings. The van der Waals surface area contributed by atoms with Crippen molar-refractivity contribution in [1.82, 2.24) is 4.72 Å². The van der Waals surface area contributed by atoms with Crippen molar-refractivity contribution in [1.29, 1.82) is 0 Å². The van der Waals surface area contributed by atoms with Crippen molar-refractivity contribution in [3.8, 4) is 0 Å². The Bertz CT molecular complexity index is 952. The number of hydrogen-bond donors (Lipinski definition) is 1. The fraction of sp³-hybridized carbons (Fsp3) is 0.476. The molecule has 1 unspecified atom stereocenters. The fourth-order valence-corrected chi connectivity index (χ4v) is 3.92. The average molecular weight is 439 g/mol. The van der Waals surface area contributed by atoms with E-state index in [2.05, 4.69) is 9.12 Å². The fourth-order valence-electron chi connectivity index (χ4n) is 2.33. The van der Waals surface area contributed by atoms with E-state index in [1.165, 1.54) is 6.26 Å². The molecule has 160 valence electrons. The van der Waals surface area contributed by atoms with Crippen molar-refractivity contribution in [2.75, 3.05) is 0 Å². The van der Waals surface area contributed by atoms with Gasteiger partial charge in [-0.2, -0.15) is 4.40 Å². The predicted octanol–water partition coefficient (Wildman–Crippen LogP) is 4.38. The zero-order valence-corrected chi connectivity index (χ0v) is 19.4. The van der Waals surface area contributed by atoms with E-state index in [0.717, 1.165) is 5.56 Å². The quantitative estimate of drug-likeness (QED) is 0.650. The molecule has 6 nitrogen and oxygen atoms in total.